The van der Waals surface area contributed by atoms with Gasteiger partial charge in [0.15, 0.2) is 5.78 Å². The Morgan fingerprint density at radius 3 is 2.94 bits per heavy atom. The van der Waals surface area contributed by atoms with E-state index in [-0.39, 0.29) is 11.5 Å². The third-order valence-electron chi connectivity index (χ3n) is 2.88. The number of benzene rings is 1. The Balaban J connectivity index is 2.18. The third-order valence-corrected chi connectivity index (χ3v) is 2.88. The lowest BCUT2D eigenvalue weighted by Gasteiger charge is -2.14. The number of nitro groups is 1. The van der Waals surface area contributed by atoms with Crippen LogP contribution in [0.5, 0.6) is 0 Å². The highest BCUT2D eigenvalue weighted by molar-refractivity contribution is 6.05. The molecule has 1 saturated heterocycles. The van der Waals surface area contributed by atoms with Crippen LogP contribution in [0.15, 0.2) is 35.9 Å². The molecule has 0 aromatic heterocycles. The highest BCUT2D eigenvalue weighted by atomic mass is 16.6. The summed E-state index contributed by atoms with van der Waals surface area (Å²) in [5.41, 5.74) is 1.36. The lowest BCUT2D eigenvalue weighted by Crippen LogP contribution is -2.24. The normalized spacial score (nSPS) is 17.7. The molecule has 0 bridgehead atoms. The van der Waals surface area contributed by atoms with E-state index in [0.29, 0.717) is 5.56 Å². The first-order valence-electron chi connectivity index (χ1n) is 5.86. The molecular formula is C13H14N2O3. The number of hydrogen-bond acceptors (Lipinski definition) is 4. The summed E-state index contributed by atoms with van der Waals surface area (Å²) in [5.74, 6) is -0.169. The number of hydrogen-bond donors (Lipinski definition) is 1. The molecule has 1 aliphatic heterocycles. The molecule has 1 heterocycles. The molecule has 1 aliphatic rings. The topological polar surface area (TPSA) is 72.2 Å². The van der Waals surface area contributed by atoms with Crippen molar-refractivity contribution in [2.75, 3.05) is 13.1 Å². The van der Waals surface area contributed by atoms with E-state index in [1.165, 1.54) is 18.2 Å². The van der Waals surface area contributed by atoms with Gasteiger partial charge >= 0.3 is 0 Å². The van der Waals surface area contributed by atoms with Gasteiger partial charge in [-0.25, -0.2) is 0 Å². The smallest absolute Gasteiger partial charge is 0.270 e. The van der Waals surface area contributed by atoms with Crippen molar-refractivity contribution in [3.05, 3.63) is 51.6 Å². The molecule has 94 valence electrons. The van der Waals surface area contributed by atoms with Crippen molar-refractivity contribution in [2.45, 2.75) is 12.8 Å². The van der Waals surface area contributed by atoms with E-state index in [1.54, 1.807) is 12.1 Å². The minimum Gasteiger partial charge on any atom is -0.313 e. The second kappa shape index (κ2) is 5.55. The highest BCUT2D eigenvalue weighted by Crippen LogP contribution is 2.16. The second-order valence-electron chi connectivity index (χ2n) is 4.25. The second-order valence-corrected chi connectivity index (χ2v) is 4.25. The lowest BCUT2D eigenvalue weighted by atomic mass is 10.0. The largest absolute Gasteiger partial charge is 0.313 e. The number of carbonyl (C=O) groups is 1. The first kappa shape index (κ1) is 12.4. The average molecular weight is 246 g/mol. The summed E-state index contributed by atoms with van der Waals surface area (Å²) in [6.07, 6.45) is 3.52. The molecular weight excluding hydrogens is 232 g/mol. The van der Waals surface area contributed by atoms with Gasteiger partial charge in [-0.15, -0.1) is 0 Å². The minimum atomic E-state index is -0.494. The maximum atomic E-state index is 12.0. The highest BCUT2D eigenvalue weighted by Gasteiger charge is 2.11. The molecule has 0 spiro atoms. The van der Waals surface area contributed by atoms with Crippen molar-refractivity contribution in [3.8, 4) is 0 Å². The Labute approximate surface area is 105 Å². The maximum Gasteiger partial charge on any atom is 0.270 e. The van der Waals surface area contributed by atoms with Crippen LogP contribution in [-0.2, 0) is 0 Å². The van der Waals surface area contributed by atoms with Crippen LogP contribution in [0.3, 0.4) is 0 Å². The zero-order valence-electron chi connectivity index (χ0n) is 9.89. The van der Waals surface area contributed by atoms with Gasteiger partial charge in [0, 0.05) is 24.2 Å². The minimum absolute atomic E-state index is 0.0546. The summed E-state index contributed by atoms with van der Waals surface area (Å²) in [6, 6.07) is 5.83. The van der Waals surface area contributed by atoms with Crippen LogP contribution in [0.2, 0.25) is 0 Å². The monoisotopic (exact) mass is 246 g/mol. The van der Waals surface area contributed by atoms with Crippen LogP contribution in [0.1, 0.15) is 23.2 Å². The summed E-state index contributed by atoms with van der Waals surface area (Å²) in [5, 5.41) is 13.8. The van der Waals surface area contributed by atoms with E-state index in [2.05, 4.69) is 5.32 Å². The van der Waals surface area contributed by atoms with E-state index >= 15 is 0 Å². The first-order valence-corrected chi connectivity index (χ1v) is 5.86. The fourth-order valence-corrected chi connectivity index (χ4v) is 1.94. The van der Waals surface area contributed by atoms with Gasteiger partial charge in [0.1, 0.15) is 0 Å². The van der Waals surface area contributed by atoms with E-state index < -0.39 is 4.92 Å². The number of ketones is 1. The van der Waals surface area contributed by atoms with Crippen LogP contribution < -0.4 is 5.32 Å². The fourth-order valence-electron chi connectivity index (χ4n) is 1.94. The zero-order valence-corrected chi connectivity index (χ0v) is 9.89. The van der Waals surface area contributed by atoms with Crippen molar-refractivity contribution in [2.24, 2.45) is 0 Å². The van der Waals surface area contributed by atoms with Crippen molar-refractivity contribution in [1.29, 1.82) is 0 Å². The van der Waals surface area contributed by atoms with Crippen molar-refractivity contribution in [1.82, 2.24) is 5.32 Å². The number of nitrogens with one attached hydrogen (secondary N) is 1. The molecule has 1 aromatic rings. The molecule has 0 saturated carbocycles. The number of carbonyl (C=O) groups excluding carboxylic acids is 1. The molecule has 0 radical (unpaired) electrons. The number of allylic oxidation sites excluding steroid dienone is 1. The summed E-state index contributed by atoms with van der Waals surface area (Å²) in [4.78, 5) is 22.1. The summed E-state index contributed by atoms with van der Waals surface area (Å²) in [7, 11) is 0. The summed E-state index contributed by atoms with van der Waals surface area (Å²) >= 11 is 0. The standard InChI is InChI=1S/C13H14N2O3/c16-13(7-10-3-2-6-14-9-10)11-4-1-5-12(8-11)15(17)18/h1,4-5,7-8,14H,2-3,6,9H2. The van der Waals surface area contributed by atoms with E-state index in [9.17, 15) is 14.9 Å². The number of nitrogens with zero attached hydrogens (tertiary/aromatic N) is 1. The van der Waals surface area contributed by atoms with Crippen molar-refractivity contribution >= 4 is 11.5 Å². The molecule has 2 rings (SSSR count). The molecule has 18 heavy (non-hydrogen) atoms. The molecule has 5 heteroatoms. The van der Waals surface area contributed by atoms with Gasteiger partial charge in [-0.3, -0.25) is 14.9 Å². The molecule has 1 aromatic carbocycles. The fraction of sp³-hybridized carbons (Fsp3) is 0.308. The zero-order chi connectivity index (χ0) is 13.0. The number of non-ortho nitro benzene ring substituents is 1. The van der Waals surface area contributed by atoms with Gasteiger partial charge in [0.05, 0.1) is 4.92 Å². The van der Waals surface area contributed by atoms with Crippen LogP contribution in [0.4, 0.5) is 5.69 Å². The molecule has 0 aliphatic carbocycles. The Hall–Kier alpha value is -2.01. The molecule has 0 unspecified atom stereocenters. The van der Waals surface area contributed by atoms with Crippen molar-refractivity contribution < 1.29 is 9.72 Å². The predicted octanol–water partition coefficient (Wildman–Crippen LogP) is 2.09. The lowest BCUT2D eigenvalue weighted by molar-refractivity contribution is -0.384. The van der Waals surface area contributed by atoms with Gasteiger partial charge < -0.3 is 5.32 Å². The van der Waals surface area contributed by atoms with E-state index in [1.807, 2.05) is 0 Å². The van der Waals surface area contributed by atoms with Crippen LogP contribution in [-0.4, -0.2) is 23.8 Å². The molecule has 1 N–H and O–H groups in total. The molecule has 0 amide bonds. The Morgan fingerprint density at radius 1 is 1.44 bits per heavy atom. The average Bonchev–Trinajstić information content (AvgIpc) is 2.40. The van der Waals surface area contributed by atoms with Gasteiger partial charge in [-0.05, 0) is 25.5 Å². The quantitative estimate of drug-likeness (QED) is 0.383. The number of piperidine rings is 1. The van der Waals surface area contributed by atoms with Gasteiger partial charge in [-0.2, -0.15) is 0 Å². The van der Waals surface area contributed by atoms with E-state index in [0.717, 1.165) is 31.5 Å². The number of nitro benzene ring substituents is 1. The van der Waals surface area contributed by atoms with Gasteiger partial charge in [0.25, 0.3) is 5.69 Å². The predicted molar refractivity (Wildman–Crippen MR) is 67.6 cm³/mol. The summed E-state index contributed by atoms with van der Waals surface area (Å²) in [6.45, 7) is 1.70. The SMILES string of the molecule is O=C(C=C1CCCNC1)c1cccc([N+](=O)[O-])c1. The Bertz CT molecular complexity index is 501. The number of rotatable bonds is 3. The van der Waals surface area contributed by atoms with Crippen LogP contribution in [0.25, 0.3) is 0 Å². The Kier molecular flexibility index (Phi) is 3.84. The molecule has 0 atom stereocenters. The van der Waals surface area contributed by atoms with Crippen molar-refractivity contribution in [3.63, 3.8) is 0 Å². The van der Waals surface area contributed by atoms with E-state index in [4.69, 9.17) is 0 Å². The van der Waals surface area contributed by atoms with Gasteiger partial charge in [-0.1, -0.05) is 17.7 Å². The van der Waals surface area contributed by atoms with Crippen LogP contribution in [0, 0.1) is 10.1 Å². The molecule has 1 fully saturated rings. The maximum absolute atomic E-state index is 12.0. The third kappa shape index (κ3) is 3.01. The first-order chi connectivity index (χ1) is 8.66. The van der Waals surface area contributed by atoms with Gasteiger partial charge in [0.2, 0.25) is 0 Å². The molecule has 5 nitrogen and oxygen atoms in total. The summed E-state index contributed by atoms with van der Waals surface area (Å²) < 4.78 is 0. The Morgan fingerprint density at radius 2 is 2.28 bits per heavy atom. The van der Waals surface area contributed by atoms with Crippen LogP contribution >= 0.6 is 0 Å².